The molecule has 4 heteroatoms. The summed E-state index contributed by atoms with van der Waals surface area (Å²) in [6, 6.07) is 9.73. The van der Waals surface area contributed by atoms with E-state index in [1.165, 1.54) is 6.42 Å². The zero-order chi connectivity index (χ0) is 15.1. The van der Waals surface area contributed by atoms with Gasteiger partial charge in [-0.05, 0) is 38.8 Å². The van der Waals surface area contributed by atoms with Crippen molar-refractivity contribution in [2.45, 2.75) is 44.2 Å². The minimum atomic E-state index is -0.832. The molecule has 0 heterocycles. The number of hydrogen-bond acceptors (Lipinski definition) is 4. The van der Waals surface area contributed by atoms with Crippen molar-refractivity contribution in [3.8, 4) is 0 Å². The second kappa shape index (κ2) is 7.57. The van der Waals surface area contributed by atoms with Crippen LogP contribution < -0.4 is 5.32 Å². The molecule has 1 N–H and O–H groups in total. The van der Waals surface area contributed by atoms with Gasteiger partial charge in [-0.1, -0.05) is 30.3 Å². The molecule has 1 unspecified atom stereocenters. The first-order valence-corrected chi connectivity index (χ1v) is 7.76. The number of carbonyl (C=O) groups is 1. The van der Waals surface area contributed by atoms with Crippen LogP contribution in [-0.2, 0) is 19.8 Å². The lowest BCUT2D eigenvalue weighted by atomic mass is 9.86. The van der Waals surface area contributed by atoms with E-state index < -0.39 is 5.54 Å². The maximum atomic E-state index is 12.5. The predicted molar refractivity (Wildman–Crippen MR) is 82.0 cm³/mol. The van der Waals surface area contributed by atoms with E-state index in [0.717, 1.165) is 18.4 Å². The summed E-state index contributed by atoms with van der Waals surface area (Å²) in [6.45, 7) is 2.76. The van der Waals surface area contributed by atoms with Gasteiger partial charge < -0.3 is 14.8 Å². The van der Waals surface area contributed by atoms with Crippen molar-refractivity contribution >= 4 is 5.97 Å². The van der Waals surface area contributed by atoms with Crippen molar-refractivity contribution in [3.63, 3.8) is 0 Å². The van der Waals surface area contributed by atoms with Gasteiger partial charge in [-0.25, -0.2) is 4.79 Å². The zero-order valence-corrected chi connectivity index (χ0v) is 12.9. The molecule has 0 saturated heterocycles. The van der Waals surface area contributed by atoms with E-state index in [1.54, 1.807) is 7.05 Å². The first-order valence-electron chi connectivity index (χ1n) is 7.76. The molecule has 1 atom stereocenters. The molecular weight excluding hydrogens is 266 g/mol. The highest BCUT2D eigenvalue weighted by molar-refractivity contribution is 5.82. The molecule has 0 amide bonds. The molecule has 1 aliphatic carbocycles. The normalized spacial score (nSPS) is 17.8. The molecule has 0 aliphatic heterocycles. The average molecular weight is 291 g/mol. The molecule has 21 heavy (non-hydrogen) atoms. The van der Waals surface area contributed by atoms with Crippen LogP contribution in [0, 0.1) is 0 Å². The molecule has 1 aliphatic rings. The highest BCUT2D eigenvalue weighted by atomic mass is 16.5. The number of benzene rings is 1. The highest BCUT2D eigenvalue weighted by Crippen LogP contribution is 2.28. The molecular formula is C17H25NO3. The van der Waals surface area contributed by atoms with Crippen LogP contribution in [0.2, 0.25) is 0 Å². The Balaban J connectivity index is 2.12. The van der Waals surface area contributed by atoms with Crippen LogP contribution in [0.1, 0.15) is 38.2 Å². The van der Waals surface area contributed by atoms with Crippen molar-refractivity contribution in [3.05, 3.63) is 35.9 Å². The summed E-state index contributed by atoms with van der Waals surface area (Å²) < 4.78 is 11.1. The summed E-state index contributed by atoms with van der Waals surface area (Å²) in [4.78, 5) is 12.5. The van der Waals surface area contributed by atoms with E-state index in [-0.39, 0.29) is 5.97 Å². The lowest BCUT2D eigenvalue weighted by Crippen LogP contribution is -2.49. The summed E-state index contributed by atoms with van der Waals surface area (Å²) in [6.07, 6.45) is 4.47. The van der Waals surface area contributed by atoms with Crippen LogP contribution in [-0.4, -0.2) is 32.3 Å². The minimum absolute atomic E-state index is 0.240. The van der Waals surface area contributed by atoms with Gasteiger partial charge in [0.25, 0.3) is 0 Å². The third-order valence-corrected chi connectivity index (χ3v) is 4.20. The second-order valence-corrected chi connectivity index (χ2v) is 5.42. The van der Waals surface area contributed by atoms with Crippen molar-refractivity contribution in [1.82, 2.24) is 5.32 Å². The Hall–Kier alpha value is -1.39. The third-order valence-electron chi connectivity index (χ3n) is 4.20. The number of nitrogens with one attached hydrogen (secondary N) is 1. The molecule has 116 valence electrons. The Morgan fingerprint density at radius 3 is 2.57 bits per heavy atom. The summed E-state index contributed by atoms with van der Waals surface area (Å²) in [5, 5.41) is 3.17. The maximum absolute atomic E-state index is 12.5. The lowest BCUT2D eigenvalue weighted by molar-refractivity contribution is -0.153. The second-order valence-electron chi connectivity index (χ2n) is 5.42. The third kappa shape index (κ3) is 3.63. The monoisotopic (exact) mass is 291 g/mol. The molecule has 1 aromatic carbocycles. The van der Waals surface area contributed by atoms with Crippen LogP contribution >= 0.6 is 0 Å². The van der Waals surface area contributed by atoms with Gasteiger partial charge in [0.15, 0.2) is 0 Å². The number of esters is 1. The SMILES string of the molecule is CCOC(=O)C(CCOC1CCC1)(NC)c1ccccc1. The van der Waals surface area contributed by atoms with Gasteiger partial charge in [-0.2, -0.15) is 0 Å². The van der Waals surface area contributed by atoms with Crippen molar-refractivity contribution < 1.29 is 14.3 Å². The largest absolute Gasteiger partial charge is 0.464 e. The van der Waals surface area contributed by atoms with Crippen molar-refractivity contribution in [2.24, 2.45) is 0 Å². The molecule has 1 saturated carbocycles. The Labute approximate surface area is 126 Å². The summed E-state index contributed by atoms with van der Waals surface area (Å²) in [5.74, 6) is -0.240. The summed E-state index contributed by atoms with van der Waals surface area (Å²) >= 11 is 0. The van der Waals surface area contributed by atoms with E-state index in [9.17, 15) is 4.79 Å². The van der Waals surface area contributed by atoms with E-state index in [2.05, 4.69) is 5.32 Å². The molecule has 0 spiro atoms. The standard InChI is InChI=1S/C17H25NO3/c1-3-20-16(19)17(18-2,14-8-5-4-6-9-14)12-13-21-15-10-7-11-15/h4-6,8-9,15,18H,3,7,10-13H2,1-2H3. The fraction of sp³-hybridized carbons (Fsp3) is 0.588. The van der Waals surface area contributed by atoms with Gasteiger partial charge in [0, 0.05) is 13.0 Å². The van der Waals surface area contributed by atoms with Gasteiger partial charge >= 0.3 is 5.97 Å². The van der Waals surface area contributed by atoms with Gasteiger partial charge in [-0.15, -0.1) is 0 Å². The maximum Gasteiger partial charge on any atom is 0.331 e. The van der Waals surface area contributed by atoms with E-state index in [0.29, 0.717) is 25.7 Å². The van der Waals surface area contributed by atoms with Gasteiger partial charge in [0.1, 0.15) is 5.54 Å². The predicted octanol–water partition coefficient (Wildman–Crippen LogP) is 2.62. The number of likely N-dealkylation sites (N-methyl/N-ethyl adjacent to an activating group) is 1. The van der Waals surface area contributed by atoms with Gasteiger partial charge in [0.05, 0.1) is 12.7 Å². The number of ether oxygens (including phenoxy) is 2. The quantitative estimate of drug-likeness (QED) is 0.748. The van der Waals surface area contributed by atoms with E-state index in [4.69, 9.17) is 9.47 Å². The van der Waals surface area contributed by atoms with Crippen LogP contribution in [0.3, 0.4) is 0 Å². The summed E-state index contributed by atoms with van der Waals surface area (Å²) in [5.41, 5.74) is 0.0873. The fourth-order valence-electron chi connectivity index (χ4n) is 2.63. The number of carbonyl (C=O) groups excluding carboxylic acids is 1. The average Bonchev–Trinajstić information content (AvgIpc) is 2.47. The first-order chi connectivity index (χ1) is 10.2. The van der Waals surface area contributed by atoms with Crippen molar-refractivity contribution in [1.29, 1.82) is 0 Å². The molecule has 2 rings (SSSR count). The lowest BCUT2D eigenvalue weighted by Gasteiger charge is -2.33. The minimum Gasteiger partial charge on any atom is -0.464 e. The molecule has 0 bridgehead atoms. The molecule has 0 aromatic heterocycles. The van der Waals surface area contributed by atoms with Crippen LogP contribution in [0.5, 0.6) is 0 Å². The Morgan fingerprint density at radius 1 is 1.33 bits per heavy atom. The van der Waals surface area contributed by atoms with Crippen LogP contribution in [0.4, 0.5) is 0 Å². The van der Waals surface area contributed by atoms with Gasteiger partial charge in [0.2, 0.25) is 0 Å². The topological polar surface area (TPSA) is 47.6 Å². The zero-order valence-electron chi connectivity index (χ0n) is 12.9. The van der Waals surface area contributed by atoms with E-state index >= 15 is 0 Å². The number of hydrogen-bond donors (Lipinski definition) is 1. The summed E-state index contributed by atoms with van der Waals surface area (Å²) in [7, 11) is 1.80. The molecule has 4 nitrogen and oxygen atoms in total. The van der Waals surface area contributed by atoms with Crippen molar-refractivity contribution in [2.75, 3.05) is 20.3 Å². The Bertz CT molecular complexity index is 445. The number of rotatable bonds is 8. The van der Waals surface area contributed by atoms with E-state index in [1.807, 2.05) is 37.3 Å². The molecule has 1 fully saturated rings. The smallest absolute Gasteiger partial charge is 0.331 e. The van der Waals surface area contributed by atoms with Crippen LogP contribution in [0.25, 0.3) is 0 Å². The van der Waals surface area contributed by atoms with Gasteiger partial charge in [-0.3, -0.25) is 0 Å². The Morgan fingerprint density at radius 2 is 2.05 bits per heavy atom. The molecule has 0 radical (unpaired) electrons. The first kappa shape index (κ1) is 16.0. The Kier molecular flexibility index (Phi) is 5.76. The van der Waals surface area contributed by atoms with Crippen LogP contribution in [0.15, 0.2) is 30.3 Å². The highest BCUT2D eigenvalue weighted by Gasteiger charge is 2.40. The molecule has 1 aromatic rings. The fourth-order valence-corrected chi connectivity index (χ4v) is 2.63.